The predicted octanol–water partition coefficient (Wildman–Crippen LogP) is 3.55. The first-order valence-corrected chi connectivity index (χ1v) is 7.49. The SMILES string of the molecule is CN(C)c1ccccc1C#CCNC(=O)c1ccc(C(F)(F)F)cc1. The lowest BCUT2D eigenvalue weighted by Crippen LogP contribution is -2.23. The van der Waals surface area contributed by atoms with Gasteiger partial charge in [-0.3, -0.25) is 4.79 Å². The van der Waals surface area contributed by atoms with Crippen LogP contribution in [0.1, 0.15) is 21.5 Å². The number of benzene rings is 2. The van der Waals surface area contributed by atoms with Crippen molar-refractivity contribution < 1.29 is 18.0 Å². The van der Waals surface area contributed by atoms with Crippen molar-refractivity contribution in [3.63, 3.8) is 0 Å². The van der Waals surface area contributed by atoms with E-state index in [4.69, 9.17) is 0 Å². The first kappa shape index (κ1) is 18.4. The van der Waals surface area contributed by atoms with E-state index in [1.165, 1.54) is 0 Å². The van der Waals surface area contributed by atoms with Crippen molar-refractivity contribution in [3.05, 3.63) is 65.2 Å². The Kier molecular flexibility index (Phi) is 5.71. The van der Waals surface area contributed by atoms with Gasteiger partial charge >= 0.3 is 6.18 Å². The van der Waals surface area contributed by atoms with E-state index in [1.54, 1.807) is 0 Å². The van der Waals surface area contributed by atoms with Gasteiger partial charge < -0.3 is 10.2 Å². The second kappa shape index (κ2) is 7.75. The number of halogens is 3. The number of hydrogen-bond donors (Lipinski definition) is 1. The van der Waals surface area contributed by atoms with Gasteiger partial charge in [0.05, 0.1) is 17.8 Å². The average molecular weight is 346 g/mol. The summed E-state index contributed by atoms with van der Waals surface area (Å²) in [4.78, 5) is 13.9. The molecule has 0 unspecified atom stereocenters. The third-order valence-corrected chi connectivity index (χ3v) is 3.42. The Labute approximate surface area is 144 Å². The van der Waals surface area contributed by atoms with E-state index in [9.17, 15) is 18.0 Å². The van der Waals surface area contributed by atoms with Crippen molar-refractivity contribution in [1.82, 2.24) is 5.32 Å². The smallest absolute Gasteiger partial charge is 0.377 e. The highest BCUT2D eigenvalue weighted by Crippen LogP contribution is 2.29. The van der Waals surface area contributed by atoms with Crippen molar-refractivity contribution in [1.29, 1.82) is 0 Å². The van der Waals surface area contributed by atoms with E-state index in [0.29, 0.717) is 0 Å². The Bertz CT molecular complexity index is 800. The fraction of sp³-hybridized carbons (Fsp3) is 0.211. The maximum atomic E-state index is 12.5. The van der Waals surface area contributed by atoms with Gasteiger partial charge in [-0.2, -0.15) is 13.2 Å². The molecule has 0 spiro atoms. The molecule has 1 N–H and O–H groups in total. The van der Waals surface area contributed by atoms with Crippen molar-refractivity contribution in [2.45, 2.75) is 6.18 Å². The minimum atomic E-state index is -4.42. The van der Waals surface area contributed by atoms with E-state index in [-0.39, 0.29) is 12.1 Å². The zero-order chi connectivity index (χ0) is 18.4. The van der Waals surface area contributed by atoms with Gasteiger partial charge in [0.1, 0.15) is 0 Å². The Morgan fingerprint density at radius 3 is 2.32 bits per heavy atom. The topological polar surface area (TPSA) is 32.3 Å². The summed E-state index contributed by atoms with van der Waals surface area (Å²) < 4.78 is 37.5. The Morgan fingerprint density at radius 2 is 1.72 bits per heavy atom. The first-order chi connectivity index (χ1) is 11.8. The monoisotopic (exact) mass is 346 g/mol. The molecule has 0 fully saturated rings. The first-order valence-electron chi connectivity index (χ1n) is 7.49. The molecule has 2 aromatic carbocycles. The minimum absolute atomic E-state index is 0.0988. The van der Waals surface area contributed by atoms with E-state index >= 15 is 0 Å². The zero-order valence-electron chi connectivity index (χ0n) is 13.8. The quantitative estimate of drug-likeness (QED) is 0.862. The van der Waals surface area contributed by atoms with Crippen LogP contribution in [-0.4, -0.2) is 26.5 Å². The summed E-state index contributed by atoms with van der Waals surface area (Å²) in [5, 5.41) is 2.57. The fourth-order valence-electron chi connectivity index (χ4n) is 2.15. The second-order valence-electron chi connectivity index (χ2n) is 5.47. The molecule has 25 heavy (non-hydrogen) atoms. The number of para-hydroxylation sites is 1. The van der Waals surface area contributed by atoms with Crippen LogP contribution in [-0.2, 0) is 6.18 Å². The number of nitrogens with zero attached hydrogens (tertiary/aromatic N) is 1. The third kappa shape index (κ3) is 5.01. The summed E-state index contributed by atoms with van der Waals surface area (Å²) in [6, 6.07) is 11.7. The van der Waals surface area contributed by atoms with Gasteiger partial charge in [0, 0.05) is 25.2 Å². The van der Waals surface area contributed by atoms with Crippen LogP contribution in [0.3, 0.4) is 0 Å². The number of carbonyl (C=O) groups is 1. The zero-order valence-corrected chi connectivity index (χ0v) is 13.8. The Morgan fingerprint density at radius 1 is 1.08 bits per heavy atom. The Balaban J connectivity index is 1.98. The molecular weight excluding hydrogens is 329 g/mol. The second-order valence-corrected chi connectivity index (χ2v) is 5.47. The predicted molar refractivity (Wildman–Crippen MR) is 91.4 cm³/mol. The van der Waals surface area contributed by atoms with Gasteiger partial charge in [-0.1, -0.05) is 24.0 Å². The molecule has 6 heteroatoms. The van der Waals surface area contributed by atoms with E-state index in [0.717, 1.165) is 35.5 Å². The fourth-order valence-corrected chi connectivity index (χ4v) is 2.15. The molecule has 2 rings (SSSR count). The molecule has 1 amide bonds. The summed E-state index contributed by atoms with van der Waals surface area (Å²) in [6.45, 7) is 0.0988. The van der Waals surface area contributed by atoms with E-state index < -0.39 is 17.6 Å². The number of rotatable bonds is 3. The number of amides is 1. The highest BCUT2D eigenvalue weighted by molar-refractivity contribution is 5.94. The lowest BCUT2D eigenvalue weighted by atomic mass is 10.1. The highest BCUT2D eigenvalue weighted by Gasteiger charge is 2.30. The van der Waals surface area contributed by atoms with Gasteiger partial charge in [0.15, 0.2) is 0 Å². The Hall–Kier alpha value is -2.94. The number of anilines is 1. The van der Waals surface area contributed by atoms with Crippen LogP contribution >= 0.6 is 0 Å². The molecule has 0 heterocycles. The van der Waals surface area contributed by atoms with Gasteiger partial charge in [-0.05, 0) is 36.4 Å². The van der Waals surface area contributed by atoms with Crippen molar-refractivity contribution in [2.75, 3.05) is 25.5 Å². The summed E-state index contributed by atoms with van der Waals surface area (Å²) >= 11 is 0. The van der Waals surface area contributed by atoms with Crippen molar-refractivity contribution >= 4 is 11.6 Å². The molecule has 0 saturated carbocycles. The van der Waals surface area contributed by atoms with Crippen LogP contribution in [0.25, 0.3) is 0 Å². The van der Waals surface area contributed by atoms with Gasteiger partial charge in [0.25, 0.3) is 5.91 Å². The molecule has 130 valence electrons. The molecule has 3 nitrogen and oxygen atoms in total. The van der Waals surface area contributed by atoms with Crippen molar-refractivity contribution in [2.24, 2.45) is 0 Å². The molecular formula is C19H17F3N2O. The van der Waals surface area contributed by atoms with Crippen LogP contribution in [0.15, 0.2) is 48.5 Å². The van der Waals surface area contributed by atoms with Gasteiger partial charge in [0.2, 0.25) is 0 Å². The summed E-state index contributed by atoms with van der Waals surface area (Å²) in [6.07, 6.45) is -4.42. The van der Waals surface area contributed by atoms with Crippen molar-refractivity contribution in [3.8, 4) is 11.8 Å². The highest BCUT2D eigenvalue weighted by atomic mass is 19.4. The van der Waals surface area contributed by atoms with Crippen LogP contribution < -0.4 is 10.2 Å². The standard InChI is InChI=1S/C19H17F3N2O/c1-24(2)17-8-4-3-6-14(17)7-5-13-23-18(25)15-9-11-16(12-10-15)19(20,21)22/h3-4,6,8-12H,13H2,1-2H3,(H,23,25). The van der Waals surface area contributed by atoms with Crippen LogP contribution in [0.4, 0.5) is 18.9 Å². The molecule has 0 aromatic heterocycles. The van der Waals surface area contributed by atoms with Crippen LogP contribution in [0.5, 0.6) is 0 Å². The largest absolute Gasteiger partial charge is 0.416 e. The third-order valence-electron chi connectivity index (χ3n) is 3.42. The maximum Gasteiger partial charge on any atom is 0.416 e. The lowest BCUT2D eigenvalue weighted by Gasteiger charge is -2.13. The van der Waals surface area contributed by atoms with E-state index in [1.807, 2.05) is 43.3 Å². The summed E-state index contributed by atoms with van der Waals surface area (Å²) in [7, 11) is 3.82. The molecule has 0 radical (unpaired) electrons. The maximum absolute atomic E-state index is 12.5. The molecule has 0 atom stereocenters. The molecule has 0 aliphatic rings. The molecule has 0 aliphatic heterocycles. The van der Waals surface area contributed by atoms with Gasteiger partial charge in [-0.15, -0.1) is 0 Å². The number of hydrogen-bond acceptors (Lipinski definition) is 2. The summed E-state index contributed by atoms with van der Waals surface area (Å²) in [5.74, 6) is 5.35. The normalized spacial score (nSPS) is 10.6. The van der Waals surface area contributed by atoms with Crippen LogP contribution in [0, 0.1) is 11.8 Å². The van der Waals surface area contributed by atoms with E-state index in [2.05, 4.69) is 17.2 Å². The average Bonchev–Trinajstić information content (AvgIpc) is 2.58. The molecule has 0 aliphatic carbocycles. The minimum Gasteiger partial charge on any atom is -0.377 e. The number of alkyl halides is 3. The molecule has 2 aromatic rings. The molecule has 0 saturated heterocycles. The number of carbonyl (C=O) groups excluding carboxylic acids is 1. The lowest BCUT2D eigenvalue weighted by molar-refractivity contribution is -0.137. The van der Waals surface area contributed by atoms with Gasteiger partial charge in [-0.25, -0.2) is 0 Å². The molecule has 0 bridgehead atoms. The van der Waals surface area contributed by atoms with Crippen LogP contribution in [0.2, 0.25) is 0 Å². The number of nitrogens with one attached hydrogen (secondary N) is 1. The summed E-state index contributed by atoms with van der Waals surface area (Å²) in [5.41, 5.74) is 1.16.